The summed E-state index contributed by atoms with van der Waals surface area (Å²) in [7, 11) is 6.47. The molecule has 0 bridgehead atoms. The quantitative estimate of drug-likeness (QED) is 0.539. The van der Waals surface area contributed by atoms with E-state index in [2.05, 4.69) is 51.7 Å². The molecule has 0 spiro atoms. The summed E-state index contributed by atoms with van der Waals surface area (Å²) >= 11 is 5.43. The van der Waals surface area contributed by atoms with Crippen LogP contribution in [0.4, 0.5) is 0 Å². The Morgan fingerprint density at radius 2 is 1.61 bits per heavy atom. The van der Waals surface area contributed by atoms with Crippen LogP contribution in [-0.2, 0) is 0 Å². The van der Waals surface area contributed by atoms with Crippen LogP contribution in [0.15, 0.2) is 11.3 Å². The third-order valence-electron chi connectivity index (χ3n) is 3.46. The first-order valence-electron chi connectivity index (χ1n) is 6.86. The third kappa shape index (κ3) is 4.06. The predicted octanol–water partition coefficient (Wildman–Crippen LogP) is 3.33. The Morgan fingerprint density at radius 1 is 1.06 bits per heavy atom. The van der Waals surface area contributed by atoms with Gasteiger partial charge in [0, 0.05) is 30.6 Å². The summed E-state index contributed by atoms with van der Waals surface area (Å²) in [4.78, 5) is 5.82. The molecule has 0 N–H and O–H groups in total. The number of unbranched alkanes of at least 4 members (excludes halogenated alkanes) is 1. The van der Waals surface area contributed by atoms with Crippen LogP contribution in [0.2, 0.25) is 0 Å². The summed E-state index contributed by atoms with van der Waals surface area (Å²) in [5.41, 5.74) is 3.08. The Balaban J connectivity index is 2.50. The van der Waals surface area contributed by atoms with Crippen molar-refractivity contribution in [3.05, 3.63) is 11.3 Å². The normalized spacial score (nSPS) is 16.3. The van der Waals surface area contributed by atoms with Crippen molar-refractivity contribution in [1.29, 1.82) is 0 Å². The van der Waals surface area contributed by atoms with Gasteiger partial charge in [-0.1, -0.05) is 33.0 Å². The lowest BCUT2D eigenvalue weighted by atomic mass is 9.75. The van der Waals surface area contributed by atoms with Gasteiger partial charge in [-0.2, -0.15) is 0 Å². The zero-order valence-electron chi connectivity index (χ0n) is 12.8. The molecule has 0 saturated heterocycles. The minimum Gasteiger partial charge on any atom is -0.377 e. The number of hydrogen-bond acceptors (Lipinski definition) is 3. The van der Waals surface area contributed by atoms with Crippen LogP contribution in [0.5, 0.6) is 0 Å². The Morgan fingerprint density at radius 3 is 2.06 bits per heavy atom. The van der Waals surface area contributed by atoms with E-state index in [1.165, 1.54) is 30.7 Å². The van der Waals surface area contributed by atoms with Gasteiger partial charge in [-0.3, -0.25) is 0 Å². The smallest absolute Gasteiger partial charge is 0.0265 e. The molecule has 0 unspecified atom stereocenters. The topological polar surface area (TPSA) is 6.48 Å². The molecule has 3 heteroatoms. The molecule has 1 rings (SSSR count). The summed E-state index contributed by atoms with van der Waals surface area (Å²) in [6.07, 6.45) is 3.52. The van der Waals surface area contributed by atoms with E-state index >= 15 is 0 Å². The molecule has 1 aliphatic rings. The zero-order chi connectivity index (χ0) is 13.9. The number of allylic oxidation sites excluding steroid dienone is 2. The molecule has 0 saturated carbocycles. The first-order valence-corrected chi connectivity index (χ1v) is 7.27. The summed E-state index contributed by atoms with van der Waals surface area (Å²) < 4.78 is 0. The summed E-state index contributed by atoms with van der Waals surface area (Å²) in [6, 6.07) is 0. The maximum absolute atomic E-state index is 5.43. The van der Waals surface area contributed by atoms with Gasteiger partial charge in [0.2, 0.25) is 0 Å². The predicted molar refractivity (Wildman–Crippen MR) is 84.1 cm³/mol. The fraction of sp³-hybridized carbons (Fsp3) is 0.800. The molecule has 0 aromatic rings. The minimum absolute atomic E-state index is 0.197. The number of hydrogen-bond donors (Lipinski definition) is 0. The summed E-state index contributed by atoms with van der Waals surface area (Å²) in [5.74, 6) is 0. The lowest BCUT2D eigenvalue weighted by Crippen LogP contribution is -2.35. The van der Waals surface area contributed by atoms with Crippen LogP contribution in [0.25, 0.3) is 0 Å². The maximum atomic E-state index is 5.43. The van der Waals surface area contributed by atoms with Gasteiger partial charge >= 0.3 is 0 Å². The van der Waals surface area contributed by atoms with Gasteiger partial charge in [0.15, 0.2) is 0 Å². The van der Waals surface area contributed by atoms with E-state index in [1.807, 2.05) is 0 Å². The average Bonchev–Trinajstić information content (AvgIpc) is 2.17. The molecule has 104 valence electrons. The van der Waals surface area contributed by atoms with Crippen LogP contribution in [0.1, 0.15) is 40.0 Å². The zero-order valence-corrected chi connectivity index (χ0v) is 13.7. The second-order valence-electron chi connectivity index (χ2n) is 6.60. The van der Waals surface area contributed by atoms with E-state index in [4.69, 9.17) is 12.2 Å². The molecule has 0 amide bonds. The first-order chi connectivity index (χ1) is 8.23. The average molecular weight is 268 g/mol. The van der Waals surface area contributed by atoms with Crippen molar-refractivity contribution in [3.8, 4) is 0 Å². The molecule has 0 aromatic carbocycles. The Labute approximate surface area is 118 Å². The van der Waals surface area contributed by atoms with Crippen LogP contribution >= 0.6 is 12.2 Å². The molecule has 0 aliphatic heterocycles. The summed E-state index contributed by atoms with van der Waals surface area (Å²) in [6.45, 7) is 9.10. The molecule has 0 fully saturated rings. The van der Waals surface area contributed by atoms with Crippen LogP contribution in [-0.4, -0.2) is 48.9 Å². The Hall–Kier alpha value is -0.410. The molecule has 2 nitrogen and oxygen atoms in total. The molecular formula is C15H28N2S. The number of thiocarbonyl (C=S) groups is 1. The van der Waals surface area contributed by atoms with Crippen molar-refractivity contribution >= 4 is 17.1 Å². The highest BCUT2D eigenvalue weighted by molar-refractivity contribution is 7.81. The van der Waals surface area contributed by atoms with E-state index in [0.717, 1.165) is 17.8 Å². The maximum Gasteiger partial charge on any atom is 0.0265 e. The fourth-order valence-corrected chi connectivity index (χ4v) is 3.03. The van der Waals surface area contributed by atoms with Crippen molar-refractivity contribution < 1.29 is 0 Å². The van der Waals surface area contributed by atoms with Gasteiger partial charge in [-0.25, -0.2) is 0 Å². The van der Waals surface area contributed by atoms with Crippen molar-refractivity contribution in [2.24, 2.45) is 5.41 Å². The van der Waals surface area contributed by atoms with Gasteiger partial charge in [0.25, 0.3) is 0 Å². The lowest BCUT2D eigenvalue weighted by molar-refractivity contribution is 0.344. The van der Waals surface area contributed by atoms with Gasteiger partial charge in [-0.15, -0.1) is 0 Å². The number of rotatable bonds is 6. The largest absolute Gasteiger partial charge is 0.377 e. The molecule has 1 aliphatic carbocycles. The van der Waals surface area contributed by atoms with E-state index in [9.17, 15) is 0 Å². The molecule has 0 aromatic heterocycles. The highest BCUT2D eigenvalue weighted by atomic mass is 32.1. The van der Waals surface area contributed by atoms with Crippen molar-refractivity contribution in [2.45, 2.75) is 40.0 Å². The van der Waals surface area contributed by atoms with E-state index in [-0.39, 0.29) is 5.41 Å². The summed E-state index contributed by atoms with van der Waals surface area (Å²) in [5, 5.41) is 0. The monoisotopic (exact) mass is 268 g/mol. The van der Waals surface area contributed by atoms with Crippen molar-refractivity contribution in [3.63, 3.8) is 0 Å². The van der Waals surface area contributed by atoms with Crippen LogP contribution in [0, 0.1) is 5.41 Å². The van der Waals surface area contributed by atoms with Crippen molar-refractivity contribution in [2.75, 3.05) is 34.2 Å². The SMILES string of the molecule is CN(C)CCCCN(C)C1=C(C(C)(C)C)C(=S)C1. The van der Waals surface area contributed by atoms with Gasteiger partial charge in [0.1, 0.15) is 0 Å². The highest BCUT2D eigenvalue weighted by Gasteiger charge is 2.33. The van der Waals surface area contributed by atoms with Gasteiger partial charge in [0.05, 0.1) is 0 Å². The standard InChI is InChI=1S/C15H28N2S/c1-15(2,3)14-12(11-13(14)18)17(6)10-8-7-9-16(4)5/h7-11H2,1-6H3. The number of nitrogens with zero attached hydrogens (tertiary/aromatic N) is 2. The molecule has 0 radical (unpaired) electrons. The molecular weight excluding hydrogens is 240 g/mol. The molecule has 0 heterocycles. The Kier molecular flexibility index (Phi) is 5.35. The highest BCUT2D eigenvalue weighted by Crippen LogP contribution is 2.40. The van der Waals surface area contributed by atoms with Gasteiger partial charge in [-0.05, 0) is 44.5 Å². The van der Waals surface area contributed by atoms with E-state index in [1.54, 1.807) is 0 Å². The second-order valence-corrected chi connectivity index (χ2v) is 7.10. The molecule has 0 atom stereocenters. The van der Waals surface area contributed by atoms with Crippen LogP contribution < -0.4 is 0 Å². The first kappa shape index (κ1) is 15.6. The van der Waals surface area contributed by atoms with Gasteiger partial charge < -0.3 is 9.80 Å². The fourth-order valence-electron chi connectivity index (χ4n) is 2.47. The lowest BCUT2D eigenvalue weighted by Gasteiger charge is -2.39. The molecule has 18 heavy (non-hydrogen) atoms. The third-order valence-corrected chi connectivity index (χ3v) is 3.80. The second kappa shape index (κ2) is 6.16. The van der Waals surface area contributed by atoms with Crippen LogP contribution in [0.3, 0.4) is 0 Å². The van der Waals surface area contributed by atoms with Crippen molar-refractivity contribution in [1.82, 2.24) is 9.80 Å². The van der Waals surface area contributed by atoms with E-state index < -0.39 is 0 Å². The Bertz CT molecular complexity index is 337. The minimum atomic E-state index is 0.197. The van der Waals surface area contributed by atoms with E-state index in [0.29, 0.717) is 0 Å².